The van der Waals surface area contributed by atoms with Crippen molar-refractivity contribution in [2.75, 3.05) is 0 Å². The highest BCUT2D eigenvalue weighted by atomic mass is 79.9. The summed E-state index contributed by atoms with van der Waals surface area (Å²) in [6.07, 6.45) is 0. The van der Waals surface area contributed by atoms with Gasteiger partial charge in [0.15, 0.2) is 0 Å². The fraction of sp³-hybridized carbons (Fsp3) is 0.125. The summed E-state index contributed by atoms with van der Waals surface area (Å²) in [4.78, 5) is 0. The van der Waals surface area contributed by atoms with Crippen LogP contribution in [0.3, 0.4) is 0 Å². The number of nitrogens with zero attached hydrogens (tertiary/aromatic N) is 1. The molecule has 13 heavy (non-hydrogen) atoms. The molecule has 1 aromatic rings. The smallest absolute Gasteiger partial charge is 0.208 e. The predicted molar refractivity (Wildman–Crippen MR) is 56.8 cm³/mol. The third-order valence-electron chi connectivity index (χ3n) is 1.40. The van der Waals surface area contributed by atoms with Gasteiger partial charge in [0.2, 0.25) is 5.96 Å². The van der Waals surface area contributed by atoms with Crippen molar-refractivity contribution >= 4 is 21.9 Å². The quantitative estimate of drug-likeness (QED) is 0.416. The number of guanidine groups is 1. The Labute approximate surface area is 85.1 Å². The van der Waals surface area contributed by atoms with Crippen LogP contribution in [0.4, 0.5) is 0 Å². The number of hydrogen-bond acceptors (Lipinski definition) is 2. The average molecular weight is 243 g/mol. The summed E-state index contributed by atoms with van der Waals surface area (Å²) in [6, 6.07) is 7.90. The van der Waals surface area contributed by atoms with Crippen molar-refractivity contribution in [1.82, 2.24) is 5.43 Å². The molecular formula is C8H11BrN4. The van der Waals surface area contributed by atoms with Gasteiger partial charge in [-0.2, -0.15) is 0 Å². The Morgan fingerprint density at radius 1 is 1.31 bits per heavy atom. The molecule has 0 amide bonds. The fourth-order valence-corrected chi connectivity index (χ4v) is 1.09. The second kappa shape index (κ2) is 4.71. The molecule has 0 radical (unpaired) electrons. The van der Waals surface area contributed by atoms with Gasteiger partial charge in [0.05, 0.1) is 6.54 Å². The van der Waals surface area contributed by atoms with Gasteiger partial charge in [0.25, 0.3) is 0 Å². The van der Waals surface area contributed by atoms with Crippen LogP contribution in [0.2, 0.25) is 0 Å². The number of hydrazone groups is 1. The Bertz CT molecular complexity index is 290. The van der Waals surface area contributed by atoms with Gasteiger partial charge in [-0.25, -0.2) is 0 Å². The lowest BCUT2D eigenvalue weighted by Crippen LogP contribution is -2.26. The van der Waals surface area contributed by atoms with Crippen LogP contribution in [0.1, 0.15) is 5.56 Å². The van der Waals surface area contributed by atoms with Crippen LogP contribution in [0.25, 0.3) is 0 Å². The van der Waals surface area contributed by atoms with E-state index in [2.05, 4.69) is 26.5 Å². The molecule has 0 fully saturated rings. The molecule has 0 heterocycles. The molecule has 0 spiro atoms. The number of rotatable bonds is 3. The van der Waals surface area contributed by atoms with Crippen molar-refractivity contribution in [3.05, 3.63) is 34.3 Å². The molecule has 1 aromatic carbocycles. The van der Waals surface area contributed by atoms with E-state index in [1.807, 2.05) is 24.3 Å². The second-order valence-electron chi connectivity index (χ2n) is 2.50. The minimum atomic E-state index is 0.0390. The second-order valence-corrected chi connectivity index (χ2v) is 3.41. The first-order valence-corrected chi connectivity index (χ1v) is 4.54. The van der Waals surface area contributed by atoms with E-state index in [-0.39, 0.29) is 5.96 Å². The summed E-state index contributed by atoms with van der Waals surface area (Å²) in [7, 11) is 0. The summed E-state index contributed by atoms with van der Waals surface area (Å²) in [5.41, 5.74) is 14.1. The first-order valence-electron chi connectivity index (χ1n) is 3.74. The van der Waals surface area contributed by atoms with E-state index in [1.54, 1.807) is 0 Å². The van der Waals surface area contributed by atoms with Crippen molar-refractivity contribution in [2.45, 2.75) is 6.54 Å². The first kappa shape index (κ1) is 9.85. The first-order chi connectivity index (χ1) is 6.18. The van der Waals surface area contributed by atoms with Crippen molar-refractivity contribution in [3.8, 4) is 0 Å². The van der Waals surface area contributed by atoms with E-state index in [9.17, 15) is 0 Å². The van der Waals surface area contributed by atoms with Gasteiger partial charge in [-0.1, -0.05) is 28.1 Å². The summed E-state index contributed by atoms with van der Waals surface area (Å²) < 4.78 is 1.05. The summed E-state index contributed by atoms with van der Waals surface area (Å²) >= 11 is 3.35. The maximum atomic E-state index is 5.14. The van der Waals surface area contributed by atoms with Gasteiger partial charge < -0.3 is 16.9 Å². The van der Waals surface area contributed by atoms with Crippen molar-refractivity contribution in [1.29, 1.82) is 0 Å². The molecule has 5 heteroatoms. The van der Waals surface area contributed by atoms with E-state index in [1.165, 1.54) is 0 Å². The van der Waals surface area contributed by atoms with Crippen molar-refractivity contribution < 1.29 is 0 Å². The van der Waals surface area contributed by atoms with Crippen LogP contribution in [0.15, 0.2) is 33.8 Å². The molecule has 1 rings (SSSR count). The maximum Gasteiger partial charge on any atom is 0.208 e. The number of nitrogens with two attached hydrogens (primary N) is 2. The molecule has 0 aliphatic rings. The number of nitrogens with one attached hydrogen (secondary N) is 1. The minimum absolute atomic E-state index is 0.0390. The molecule has 0 bridgehead atoms. The van der Waals surface area contributed by atoms with Gasteiger partial charge >= 0.3 is 0 Å². The largest absolute Gasteiger partial charge is 0.369 e. The van der Waals surface area contributed by atoms with Crippen LogP contribution < -0.4 is 16.9 Å². The molecule has 0 unspecified atom stereocenters. The predicted octanol–water partition coefficient (Wildman–Crippen LogP) is 0.727. The van der Waals surface area contributed by atoms with E-state index in [0.717, 1.165) is 10.0 Å². The maximum absolute atomic E-state index is 5.14. The molecular weight excluding hydrogens is 232 g/mol. The van der Waals surface area contributed by atoms with E-state index in [0.29, 0.717) is 6.54 Å². The molecule has 0 saturated carbocycles. The monoisotopic (exact) mass is 242 g/mol. The molecule has 0 atom stereocenters. The lowest BCUT2D eigenvalue weighted by atomic mass is 10.2. The Morgan fingerprint density at radius 3 is 2.46 bits per heavy atom. The standard InChI is InChI=1S/C8H11BrN4/c9-7-3-1-6(2-4-7)5-12-13-8(10)11/h1-4,12H,5H2,(H4,10,11,13). The summed E-state index contributed by atoms with van der Waals surface area (Å²) in [6.45, 7) is 0.616. The molecule has 0 saturated heterocycles. The highest BCUT2D eigenvalue weighted by Gasteiger charge is 1.90. The minimum Gasteiger partial charge on any atom is -0.369 e. The molecule has 70 valence electrons. The topological polar surface area (TPSA) is 76.4 Å². The van der Waals surface area contributed by atoms with E-state index < -0.39 is 0 Å². The Morgan fingerprint density at radius 2 is 1.92 bits per heavy atom. The van der Waals surface area contributed by atoms with Crippen molar-refractivity contribution in [2.24, 2.45) is 16.6 Å². The van der Waals surface area contributed by atoms with Gasteiger partial charge in [-0.15, -0.1) is 5.10 Å². The zero-order valence-corrected chi connectivity index (χ0v) is 8.58. The van der Waals surface area contributed by atoms with Gasteiger partial charge in [-0.05, 0) is 17.7 Å². The molecule has 0 aliphatic carbocycles. The average Bonchev–Trinajstić information content (AvgIpc) is 2.08. The van der Waals surface area contributed by atoms with Crippen LogP contribution in [0.5, 0.6) is 0 Å². The van der Waals surface area contributed by atoms with Gasteiger partial charge in [-0.3, -0.25) is 0 Å². The van der Waals surface area contributed by atoms with Crippen molar-refractivity contribution in [3.63, 3.8) is 0 Å². The Balaban J connectivity index is 2.46. The SMILES string of the molecule is NC(N)=NNCc1ccc(Br)cc1. The number of benzene rings is 1. The van der Waals surface area contributed by atoms with Crippen LogP contribution in [-0.4, -0.2) is 5.96 Å². The molecule has 5 N–H and O–H groups in total. The lowest BCUT2D eigenvalue weighted by Gasteiger charge is -2.00. The molecule has 0 aromatic heterocycles. The fourth-order valence-electron chi connectivity index (χ4n) is 0.824. The molecule has 4 nitrogen and oxygen atoms in total. The molecule has 0 aliphatic heterocycles. The zero-order chi connectivity index (χ0) is 9.68. The van der Waals surface area contributed by atoms with Crippen LogP contribution in [-0.2, 0) is 6.54 Å². The van der Waals surface area contributed by atoms with E-state index >= 15 is 0 Å². The highest BCUT2D eigenvalue weighted by molar-refractivity contribution is 9.10. The van der Waals surface area contributed by atoms with Gasteiger partial charge in [0, 0.05) is 4.47 Å². The van der Waals surface area contributed by atoms with Crippen LogP contribution in [0, 0.1) is 0 Å². The van der Waals surface area contributed by atoms with Crippen LogP contribution >= 0.6 is 15.9 Å². The normalized spacial score (nSPS) is 9.31. The third kappa shape index (κ3) is 3.80. The number of hydrogen-bond donors (Lipinski definition) is 3. The Hall–Kier alpha value is -1.23. The van der Waals surface area contributed by atoms with Gasteiger partial charge in [0.1, 0.15) is 0 Å². The number of halogens is 1. The lowest BCUT2D eigenvalue weighted by molar-refractivity contribution is 0.741. The zero-order valence-electron chi connectivity index (χ0n) is 7.00. The summed E-state index contributed by atoms with van der Waals surface area (Å²) in [5, 5.41) is 3.65. The Kier molecular flexibility index (Phi) is 3.57. The van der Waals surface area contributed by atoms with E-state index in [4.69, 9.17) is 11.5 Å². The third-order valence-corrected chi connectivity index (χ3v) is 1.93. The highest BCUT2D eigenvalue weighted by Crippen LogP contribution is 2.09. The summed E-state index contributed by atoms with van der Waals surface area (Å²) in [5.74, 6) is 0.0390.